The summed E-state index contributed by atoms with van der Waals surface area (Å²) in [4.78, 5) is 21.6. The van der Waals surface area contributed by atoms with Crippen LogP contribution in [0.2, 0.25) is 0 Å². The van der Waals surface area contributed by atoms with E-state index < -0.39 is 11.9 Å². The molecule has 7 heteroatoms. The highest BCUT2D eigenvalue weighted by atomic mass is 16.4. The third-order valence-corrected chi connectivity index (χ3v) is 7.42. The zero-order chi connectivity index (χ0) is 26.9. The minimum absolute atomic E-state index is 0.241. The maximum Gasteiger partial charge on any atom is 0.307 e. The molecule has 3 aromatic rings. The first-order chi connectivity index (χ1) is 17.7. The molecular formula is C30H43N5O2. The molecule has 2 unspecified atom stereocenters. The van der Waals surface area contributed by atoms with Crippen LogP contribution in [0.5, 0.6) is 0 Å². The van der Waals surface area contributed by atoms with Gasteiger partial charge in [0.1, 0.15) is 5.82 Å². The lowest BCUT2D eigenvalue weighted by Crippen LogP contribution is -2.29. The van der Waals surface area contributed by atoms with Crippen molar-refractivity contribution in [3.63, 3.8) is 0 Å². The predicted octanol–water partition coefficient (Wildman–Crippen LogP) is 5.87. The minimum Gasteiger partial charge on any atom is -0.481 e. The van der Waals surface area contributed by atoms with Crippen molar-refractivity contribution in [3.8, 4) is 0 Å². The van der Waals surface area contributed by atoms with Gasteiger partial charge in [0.15, 0.2) is 0 Å². The maximum absolute atomic E-state index is 11.8. The number of piperidine rings is 1. The Bertz CT molecular complexity index is 1150. The van der Waals surface area contributed by atoms with E-state index in [1.54, 1.807) is 6.92 Å². The average molecular weight is 506 g/mol. The first kappa shape index (κ1) is 28.3. The molecule has 0 spiro atoms. The van der Waals surface area contributed by atoms with Crippen molar-refractivity contribution in [3.05, 3.63) is 76.4 Å². The van der Waals surface area contributed by atoms with E-state index >= 15 is 0 Å². The van der Waals surface area contributed by atoms with Crippen LogP contribution in [-0.4, -0.2) is 45.6 Å². The van der Waals surface area contributed by atoms with Crippen LogP contribution in [0.1, 0.15) is 72.7 Å². The standard InChI is InChI=1S/C21H28N2O2.C9H15N3/c1-6-23-18-10-9-17(14(4)20(18)22)19(15(5)21(24)25)16-8-7-12(2)13(3)11-16;1-2-6-12(7-3-1)8-9-10-4-5-11-9/h7-11,15,19,23H,6,22H2,1-5H3,(H,24,25);4-5H,1-3,6-8H2,(H,10,11). The molecule has 0 amide bonds. The summed E-state index contributed by atoms with van der Waals surface area (Å²) in [6, 6.07) is 10.1. The Morgan fingerprint density at radius 2 is 1.86 bits per heavy atom. The summed E-state index contributed by atoms with van der Waals surface area (Å²) in [5.74, 6) is -0.506. The number of nitrogen functional groups attached to an aromatic ring is 1. The zero-order valence-corrected chi connectivity index (χ0v) is 23.0. The number of aliphatic carboxylic acids is 1. The Kier molecular flexibility index (Phi) is 10.1. The van der Waals surface area contributed by atoms with E-state index in [-0.39, 0.29) is 5.92 Å². The molecule has 0 saturated carbocycles. The van der Waals surface area contributed by atoms with Gasteiger partial charge in [0.25, 0.3) is 0 Å². The second-order valence-electron chi connectivity index (χ2n) is 10.1. The molecule has 7 nitrogen and oxygen atoms in total. The SMILES string of the molecule is CCNc1ccc(C(c2ccc(C)c(C)c2)C(C)C(=O)O)c(C)c1N.c1c[nH]c(CN2CCCCC2)n1. The monoisotopic (exact) mass is 505 g/mol. The van der Waals surface area contributed by atoms with Gasteiger partial charge in [-0.3, -0.25) is 9.69 Å². The van der Waals surface area contributed by atoms with Gasteiger partial charge in [-0.15, -0.1) is 0 Å². The fourth-order valence-corrected chi connectivity index (χ4v) is 4.98. The largest absolute Gasteiger partial charge is 0.481 e. The molecule has 0 bridgehead atoms. The van der Waals surface area contributed by atoms with Gasteiger partial charge in [0.05, 0.1) is 23.8 Å². The van der Waals surface area contributed by atoms with Gasteiger partial charge in [-0.2, -0.15) is 0 Å². The number of benzene rings is 2. The molecule has 1 fully saturated rings. The van der Waals surface area contributed by atoms with Crippen molar-refractivity contribution in [2.24, 2.45) is 5.92 Å². The molecule has 2 heterocycles. The third kappa shape index (κ3) is 7.35. The van der Waals surface area contributed by atoms with E-state index in [2.05, 4.69) is 46.2 Å². The Balaban J connectivity index is 0.000000262. The number of anilines is 2. The number of carbonyl (C=O) groups is 1. The number of aromatic amines is 1. The molecular weight excluding hydrogens is 462 g/mol. The van der Waals surface area contributed by atoms with Crippen molar-refractivity contribution in [2.75, 3.05) is 30.7 Å². The zero-order valence-electron chi connectivity index (χ0n) is 23.0. The van der Waals surface area contributed by atoms with E-state index in [0.29, 0.717) is 5.69 Å². The number of likely N-dealkylation sites (tertiary alicyclic amines) is 1. The topological polar surface area (TPSA) is 107 Å². The molecule has 1 aromatic heterocycles. The van der Waals surface area contributed by atoms with Gasteiger partial charge in [0, 0.05) is 24.9 Å². The first-order valence-electron chi connectivity index (χ1n) is 13.4. The summed E-state index contributed by atoms with van der Waals surface area (Å²) in [6.45, 7) is 14.1. The molecule has 2 atom stereocenters. The Morgan fingerprint density at radius 1 is 1.14 bits per heavy atom. The lowest BCUT2D eigenvalue weighted by atomic mass is 9.78. The molecule has 1 saturated heterocycles. The summed E-state index contributed by atoms with van der Waals surface area (Å²) in [5, 5.41) is 12.9. The van der Waals surface area contributed by atoms with Gasteiger partial charge < -0.3 is 21.1 Å². The molecule has 0 aliphatic carbocycles. The van der Waals surface area contributed by atoms with Crippen molar-refractivity contribution in [1.82, 2.24) is 14.9 Å². The van der Waals surface area contributed by atoms with E-state index in [9.17, 15) is 9.90 Å². The smallest absolute Gasteiger partial charge is 0.307 e. The Morgan fingerprint density at radius 3 is 2.46 bits per heavy atom. The van der Waals surface area contributed by atoms with Crippen LogP contribution in [0.25, 0.3) is 0 Å². The van der Waals surface area contributed by atoms with Crippen LogP contribution < -0.4 is 11.1 Å². The molecule has 1 aliphatic rings. The molecule has 37 heavy (non-hydrogen) atoms. The average Bonchev–Trinajstić information content (AvgIpc) is 3.39. The minimum atomic E-state index is -0.808. The lowest BCUT2D eigenvalue weighted by Gasteiger charge is -2.26. The highest BCUT2D eigenvalue weighted by molar-refractivity contribution is 5.75. The van der Waals surface area contributed by atoms with Crippen molar-refractivity contribution in [1.29, 1.82) is 0 Å². The van der Waals surface area contributed by atoms with Crippen LogP contribution in [0, 0.1) is 26.7 Å². The van der Waals surface area contributed by atoms with Gasteiger partial charge in [-0.1, -0.05) is 37.6 Å². The summed E-state index contributed by atoms with van der Waals surface area (Å²) in [7, 11) is 0. The highest BCUT2D eigenvalue weighted by Gasteiger charge is 2.29. The van der Waals surface area contributed by atoms with Crippen LogP contribution in [0.15, 0.2) is 42.7 Å². The number of imidazole rings is 1. The van der Waals surface area contributed by atoms with Crippen LogP contribution in [0.3, 0.4) is 0 Å². The number of nitrogens with one attached hydrogen (secondary N) is 2. The number of hydrogen-bond donors (Lipinski definition) is 4. The fraction of sp³-hybridized carbons (Fsp3) is 0.467. The van der Waals surface area contributed by atoms with E-state index in [4.69, 9.17) is 5.73 Å². The van der Waals surface area contributed by atoms with Gasteiger partial charge in [-0.05, 0) is 87.5 Å². The van der Waals surface area contributed by atoms with Gasteiger partial charge in [0.2, 0.25) is 0 Å². The number of nitrogens with two attached hydrogens (primary N) is 1. The summed E-state index contributed by atoms with van der Waals surface area (Å²) >= 11 is 0. The molecule has 200 valence electrons. The van der Waals surface area contributed by atoms with E-state index in [1.807, 2.05) is 44.4 Å². The maximum atomic E-state index is 11.8. The van der Waals surface area contributed by atoms with Crippen molar-refractivity contribution in [2.45, 2.75) is 66.3 Å². The number of rotatable bonds is 8. The number of aryl methyl sites for hydroxylation is 2. The predicted molar refractivity (Wildman–Crippen MR) is 152 cm³/mol. The summed E-state index contributed by atoms with van der Waals surface area (Å²) in [5.41, 5.74) is 13.2. The van der Waals surface area contributed by atoms with Crippen LogP contribution >= 0.6 is 0 Å². The van der Waals surface area contributed by atoms with E-state index in [1.165, 1.54) is 37.9 Å². The van der Waals surface area contributed by atoms with E-state index in [0.717, 1.165) is 46.9 Å². The molecule has 5 N–H and O–H groups in total. The highest BCUT2D eigenvalue weighted by Crippen LogP contribution is 2.38. The Labute approximate surface area is 221 Å². The third-order valence-electron chi connectivity index (χ3n) is 7.42. The summed E-state index contributed by atoms with van der Waals surface area (Å²) in [6.07, 6.45) is 7.80. The lowest BCUT2D eigenvalue weighted by molar-refractivity contribution is -0.141. The second kappa shape index (κ2) is 13.3. The van der Waals surface area contributed by atoms with Gasteiger partial charge >= 0.3 is 5.97 Å². The quantitative estimate of drug-likeness (QED) is 0.285. The van der Waals surface area contributed by atoms with Crippen molar-refractivity contribution < 1.29 is 9.90 Å². The first-order valence-corrected chi connectivity index (χ1v) is 13.4. The number of nitrogens with zero attached hydrogens (tertiary/aromatic N) is 2. The number of aromatic nitrogens is 2. The number of carboxylic acid groups (broad SMARTS) is 1. The van der Waals surface area contributed by atoms with Crippen LogP contribution in [-0.2, 0) is 11.3 Å². The molecule has 0 radical (unpaired) electrons. The normalized spacial score (nSPS) is 15.4. The number of hydrogen-bond acceptors (Lipinski definition) is 5. The van der Waals surface area contributed by atoms with Crippen molar-refractivity contribution >= 4 is 17.3 Å². The number of H-pyrrole nitrogens is 1. The van der Waals surface area contributed by atoms with Crippen LogP contribution in [0.4, 0.5) is 11.4 Å². The fourth-order valence-electron chi connectivity index (χ4n) is 4.98. The molecule has 2 aromatic carbocycles. The summed E-state index contributed by atoms with van der Waals surface area (Å²) < 4.78 is 0. The molecule has 1 aliphatic heterocycles. The number of carboxylic acids is 1. The molecule has 4 rings (SSSR count). The van der Waals surface area contributed by atoms with Gasteiger partial charge in [-0.25, -0.2) is 4.98 Å². The second-order valence-corrected chi connectivity index (χ2v) is 10.1. The Hall–Kier alpha value is -3.32.